The van der Waals surface area contributed by atoms with Gasteiger partial charge < -0.3 is 5.32 Å². The fourth-order valence-electron chi connectivity index (χ4n) is 2.17. The second kappa shape index (κ2) is 5.65. The summed E-state index contributed by atoms with van der Waals surface area (Å²) in [5.41, 5.74) is 1.70. The van der Waals surface area contributed by atoms with Gasteiger partial charge in [0.15, 0.2) is 0 Å². The van der Waals surface area contributed by atoms with Crippen molar-refractivity contribution in [2.24, 2.45) is 0 Å². The minimum atomic E-state index is -0.0649. The van der Waals surface area contributed by atoms with E-state index in [-0.39, 0.29) is 11.9 Å². The van der Waals surface area contributed by atoms with Crippen LogP contribution in [-0.4, -0.2) is 17.7 Å². The zero-order chi connectivity index (χ0) is 13.1. The molecule has 1 aromatic carbocycles. The van der Waals surface area contributed by atoms with E-state index in [4.69, 9.17) is 0 Å². The summed E-state index contributed by atoms with van der Waals surface area (Å²) in [6.07, 6.45) is 2.68. The summed E-state index contributed by atoms with van der Waals surface area (Å²) >= 11 is 3.44. The van der Waals surface area contributed by atoms with Gasteiger partial charge in [-0.1, -0.05) is 12.1 Å². The van der Waals surface area contributed by atoms with Crippen molar-refractivity contribution in [2.45, 2.75) is 38.6 Å². The van der Waals surface area contributed by atoms with Crippen molar-refractivity contribution in [3.8, 4) is 0 Å². The molecule has 0 heterocycles. The van der Waals surface area contributed by atoms with Gasteiger partial charge in [0, 0.05) is 23.4 Å². The summed E-state index contributed by atoms with van der Waals surface area (Å²) in [7, 11) is 0. The molecular formula is C14H16BrNO2. The number of hydrogen-bond acceptors (Lipinski definition) is 2. The van der Waals surface area contributed by atoms with Gasteiger partial charge >= 0.3 is 0 Å². The second-order valence-corrected chi connectivity index (χ2v) is 5.52. The first kappa shape index (κ1) is 13.3. The largest absolute Gasteiger partial charge is 0.349 e. The number of nitrogens with one attached hydrogen (secondary N) is 1. The van der Waals surface area contributed by atoms with Crippen LogP contribution in [0.3, 0.4) is 0 Å². The Labute approximate surface area is 115 Å². The number of carbonyl (C=O) groups excluding carboxylic acids is 2. The molecule has 0 radical (unpaired) electrons. The normalized spacial score (nSPS) is 16.7. The molecule has 2 rings (SSSR count). The lowest BCUT2D eigenvalue weighted by Gasteiger charge is -2.22. The highest BCUT2D eigenvalue weighted by Gasteiger charge is 2.21. The number of rotatable bonds is 2. The molecule has 96 valence electrons. The first-order valence-electron chi connectivity index (χ1n) is 6.15. The van der Waals surface area contributed by atoms with Crippen LogP contribution < -0.4 is 5.32 Å². The molecule has 1 N–H and O–H groups in total. The molecule has 0 atom stereocenters. The van der Waals surface area contributed by atoms with E-state index in [0.717, 1.165) is 22.9 Å². The minimum absolute atomic E-state index is 0.0649. The zero-order valence-corrected chi connectivity index (χ0v) is 11.9. The number of amides is 1. The predicted octanol–water partition coefficient (Wildman–Crippen LogP) is 3.00. The van der Waals surface area contributed by atoms with E-state index in [9.17, 15) is 9.59 Å². The molecule has 0 bridgehead atoms. The molecule has 0 spiro atoms. The summed E-state index contributed by atoms with van der Waals surface area (Å²) in [6.45, 7) is 1.96. The average molecular weight is 310 g/mol. The Balaban J connectivity index is 2.03. The number of benzene rings is 1. The maximum Gasteiger partial charge on any atom is 0.252 e. The van der Waals surface area contributed by atoms with E-state index in [1.807, 2.05) is 19.1 Å². The standard InChI is InChI=1S/C14H16BrNO2/c1-9-3-2-4-12(13(9)15)14(18)16-10-5-7-11(17)8-6-10/h2-4,10H,5-8H2,1H3,(H,16,18). The van der Waals surface area contributed by atoms with Crippen LogP contribution >= 0.6 is 15.9 Å². The molecule has 1 aliphatic carbocycles. The van der Waals surface area contributed by atoms with Crippen LogP contribution in [0.25, 0.3) is 0 Å². The first-order valence-corrected chi connectivity index (χ1v) is 6.95. The third-order valence-electron chi connectivity index (χ3n) is 3.31. The quantitative estimate of drug-likeness (QED) is 0.913. The molecule has 1 fully saturated rings. The monoisotopic (exact) mass is 309 g/mol. The van der Waals surface area contributed by atoms with E-state index >= 15 is 0 Å². The SMILES string of the molecule is Cc1cccc(C(=O)NC2CCC(=O)CC2)c1Br. The Kier molecular flexibility index (Phi) is 4.17. The van der Waals surface area contributed by atoms with Crippen LogP contribution in [0.15, 0.2) is 22.7 Å². The van der Waals surface area contributed by atoms with Crippen LogP contribution in [0.5, 0.6) is 0 Å². The van der Waals surface area contributed by atoms with E-state index in [0.29, 0.717) is 24.2 Å². The summed E-state index contributed by atoms with van der Waals surface area (Å²) in [6, 6.07) is 5.77. The highest BCUT2D eigenvalue weighted by Crippen LogP contribution is 2.22. The molecule has 0 unspecified atom stereocenters. The van der Waals surface area contributed by atoms with Crippen LogP contribution in [0.1, 0.15) is 41.6 Å². The van der Waals surface area contributed by atoms with Gasteiger partial charge in [0.25, 0.3) is 5.91 Å². The van der Waals surface area contributed by atoms with E-state index in [1.54, 1.807) is 6.07 Å². The Morgan fingerprint density at radius 3 is 2.67 bits per heavy atom. The summed E-state index contributed by atoms with van der Waals surface area (Å²) in [5, 5.41) is 3.00. The van der Waals surface area contributed by atoms with Crippen molar-refractivity contribution in [2.75, 3.05) is 0 Å². The maximum absolute atomic E-state index is 12.1. The minimum Gasteiger partial charge on any atom is -0.349 e. The first-order chi connectivity index (χ1) is 8.58. The van der Waals surface area contributed by atoms with Crippen LogP contribution in [0.4, 0.5) is 0 Å². The molecule has 1 amide bonds. The van der Waals surface area contributed by atoms with Crippen LogP contribution in [-0.2, 0) is 4.79 Å². The maximum atomic E-state index is 12.1. The van der Waals surface area contributed by atoms with Gasteiger partial charge in [0.2, 0.25) is 0 Å². The molecule has 18 heavy (non-hydrogen) atoms. The predicted molar refractivity (Wildman–Crippen MR) is 73.6 cm³/mol. The molecule has 3 nitrogen and oxygen atoms in total. The third kappa shape index (κ3) is 2.99. The smallest absolute Gasteiger partial charge is 0.252 e. The molecular weight excluding hydrogens is 294 g/mol. The molecule has 0 saturated heterocycles. The Morgan fingerprint density at radius 1 is 1.33 bits per heavy atom. The summed E-state index contributed by atoms with van der Waals surface area (Å²) in [5.74, 6) is 0.238. The molecule has 0 aromatic heterocycles. The highest BCUT2D eigenvalue weighted by atomic mass is 79.9. The number of hydrogen-bond donors (Lipinski definition) is 1. The zero-order valence-electron chi connectivity index (χ0n) is 10.3. The van der Waals surface area contributed by atoms with Crippen LogP contribution in [0, 0.1) is 6.92 Å². The second-order valence-electron chi connectivity index (χ2n) is 4.72. The molecule has 1 aliphatic rings. The van der Waals surface area contributed by atoms with Crippen molar-refractivity contribution in [3.63, 3.8) is 0 Å². The number of halogens is 1. The lowest BCUT2D eigenvalue weighted by Crippen LogP contribution is -2.37. The van der Waals surface area contributed by atoms with Crippen molar-refractivity contribution < 1.29 is 9.59 Å². The highest BCUT2D eigenvalue weighted by molar-refractivity contribution is 9.10. The van der Waals surface area contributed by atoms with Gasteiger partial charge in [-0.05, 0) is 47.3 Å². The van der Waals surface area contributed by atoms with E-state index < -0.39 is 0 Å². The lowest BCUT2D eigenvalue weighted by atomic mass is 9.94. The van der Waals surface area contributed by atoms with Gasteiger partial charge in [-0.25, -0.2) is 0 Å². The van der Waals surface area contributed by atoms with Gasteiger partial charge in [-0.15, -0.1) is 0 Å². The fourth-order valence-corrected chi connectivity index (χ4v) is 2.61. The summed E-state index contributed by atoms with van der Waals surface area (Å²) < 4.78 is 0.842. The van der Waals surface area contributed by atoms with Gasteiger partial charge in [0.05, 0.1) is 5.56 Å². The average Bonchev–Trinajstić information content (AvgIpc) is 2.35. The lowest BCUT2D eigenvalue weighted by molar-refractivity contribution is -0.120. The van der Waals surface area contributed by atoms with Gasteiger partial charge in [-0.2, -0.15) is 0 Å². The molecule has 1 aromatic rings. The fraction of sp³-hybridized carbons (Fsp3) is 0.429. The number of carbonyl (C=O) groups is 2. The van der Waals surface area contributed by atoms with Crippen molar-refractivity contribution in [1.82, 2.24) is 5.32 Å². The van der Waals surface area contributed by atoms with Gasteiger partial charge in [-0.3, -0.25) is 9.59 Å². The third-order valence-corrected chi connectivity index (χ3v) is 4.37. The van der Waals surface area contributed by atoms with E-state index in [1.165, 1.54) is 0 Å². The molecule has 0 aliphatic heterocycles. The Morgan fingerprint density at radius 2 is 2.00 bits per heavy atom. The number of aryl methyl sites for hydroxylation is 1. The Bertz CT molecular complexity index is 475. The van der Waals surface area contributed by atoms with E-state index in [2.05, 4.69) is 21.2 Å². The van der Waals surface area contributed by atoms with Crippen molar-refractivity contribution >= 4 is 27.6 Å². The summed E-state index contributed by atoms with van der Waals surface area (Å²) in [4.78, 5) is 23.3. The van der Waals surface area contributed by atoms with Crippen molar-refractivity contribution in [1.29, 1.82) is 0 Å². The molecule has 1 saturated carbocycles. The topological polar surface area (TPSA) is 46.2 Å². The number of ketones is 1. The Hall–Kier alpha value is -1.16. The molecule has 4 heteroatoms. The van der Waals surface area contributed by atoms with Crippen LogP contribution in [0.2, 0.25) is 0 Å². The van der Waals surface area contributed by atoms with Crippen molar-refractivity contribution in [3.05, 3.63) is 33.8 Å². The van der Waals surface area contributed by atoms with Gasteiger partial charge in [0.1, 0.15) is 5.78 Å². The number of Topliss-reactive ketones (excluding diaryl/α,β-unsaturated/α-hetero) is 1.